The van der Waals surface area contributed by atoms with Crippen molar-refractivity contribution in [3.8, 4) is 0 Å². The van der Waals surface area contributed by atoms with E-state index in [1.54, 1.807) is 11.8 Å². The second-order valence-corrected chi connectivity index (χ2v) is 6.19. The summed E-state index contributed by atoms with van der Waals surface area (Å²) in [5.41, 5.74) is -0.230. The van der Waals surface area contributed by atoms with Gasteiger partial charge in [-0.3, -0.25) is 14.3 Å². The fourth-order valence-corrected chi connectivity index (χ4v) is 2.91. The second kappa shape index (κ2) is 6.48. The normalized spacial score (nSPS) is 13.0. The first kappa shape index (κ1) is 15.4. The summed E-state index contributed by atoms with van der Waals surface area (Å²) < 4.78 is 1.27. The molecule has 0 saturated heterocycles. The molecule has 0 fully saturated rings. The molecule has 6 heteroatoms. The third kappa shape index (κ3) is 3.20. The number of rotatable bonds is 5. The Hall–Kier alpha value is -0.680. The highest BCUT2D eigenvalue weighted by Gasteiger charge is 2.18. The number of aromatic nitrogens is 2. The molecule has 0 aliphatic rings. The van der Waals surface area contributed by atoms with Crippen molar-refractivity contribution in [2.24, 2.45) is 0 Å². The zero-order valence-corrected chi connectivity index (χ0v) is 12.7. The van der Waals surface area contributed by atoms with Gasteiger partial charge in [-0.15, -0.1) is 0 Å². The minimum Gasteiger partial charge on any atom is -0.297 e. The third-order valence-corrected chi connectivity index (χ3v) is 4.13. The largest absolute Gasteiger partial charge is 0.329 e. The number of hydrogen-bond acceptors (Lipinski definition) is 3. The van der Waals surface area contributed by atoms with Crippen molar-refractivity contribution in [2.45, 2.75) is 39.7 Å². The summed E-state index contributed by atoms with van der Waals surface area (Å²) in [5, 5.41) is 0.159. The highest BCUT2D eigenvalue weighted by molar-refractivity contribution is 7.99. The van der Waals surface area contributed by atoms with Crippen LogP contribution in [-0.4, -0.2) is 21.1 Å². The first-order chi connectivity index (χ1) is 8.40. The van der Waals surface area contributed by atoms with Gasteiger partial charge < -0.3 is 0 Å². The van der Waals surface area contributed by atoms with Gasteiger partial charge in [-0.1, -0.05) is 32.4 Å². The lowest BCUT2D eigenvalue weighted by Gasteiger charge is -2.16. The first-order valence-electron chi connectivity index (χ1n) is 6.02. The summed E-state index contributed by atoms with van der Waals surface area (Å²) in [7, 11) is 0. The number of halogens is 1. The maximum atomic E-state index is 12.3. The van der Waals surface area contributed by atoms with Crippen LogP contribution in [0.1, 0.15) is 45.2 Å². The standard InChI is InChI=1S/C12H19ClN2O2S/c1-5-18-6-8(4)15-11(16)9(7(2)3)10(13)14-12(15)17/h7-8H,5-6H2,1-4H3,(H,14,17). The lowest BCUT2D eigenvalue weighted by atomic mass is 10.1. The monoisotopic (exact) mass is 290 g/mol. The molecule has 1 atom stereocenters. The summed E-state index contributed by atoms with van der Waals surface area (Å²) >= 11 is 7.64. The van der Waals surface area contributed by atoms with Crippen molar-refractivity contribution in [1.82, 2.24) is 9.55 Å². The average Bonchev–Trinajstić information content (AvgIpc) is 2.24. The van der Waals surface area contributed by atoms with Crippen LogP contribution in [0.2, 0.25) is 5.15 Å². The molecule has 1 heterocycles. The third-order valence-electron chi connectivity index (χ3n) is 2.70. The topological polar surface area (TPSA) is 54.9 Å². The lowest BCUT2D eigenvalue weighted by molar-refractivity contribution is 0.544. The molecule has 1 aromatic heterocycles. The molecule has 0 aromatic carbocycles. The Balaban J connectivity index is 3.32. The number of H-pyrrole nitrogens is 1. The predicted octanol–water partition coefficient (Wildman–Crippen LogP) is 2.63. The Morgan fingerprint density at radius 2 is 1.94 bits per heavy atom. The molecule has 0 saturated carbocycles. The van der Waals surface area contributed by atoms with E-state index in [4.69, 9.17) is 11.6 Å². The molecule has 102 valence electrons. The van der Waals surface area contributed by atoms with Gasteiger partial charge in [0, 0.05) is 11.8 Å². The molecule has 1 unspecified atom stereocenters. The molecule has 18 heavy (non-hydrogen) atoms. The van der Waals surface area contributed by atoms with E-state index in [2.05, 4.69) is 4.98 Å². The van der Waals surface area contributed by atoms with Crippen molar-refractivity contribution in [3.05, 3.63) is 31.6 Å². The van der Waals surface area contributed by atoms with E-state index in [0.717, 1.165) is 11.5 Å². The summed E-state index contributed by atoms with van der Waals surface area (Å²) in [6, 6.07) is -0.138. The van der Waals surface area contributed by atoms with Gasteiger partial charge >= 0.3 is 5.69 Å². The van der Waals surface area contributed by atoms with Crippen LogP contribution in [0.4, 0.5) is 0 Å². The molecule has 0 bridgehead atoms. The fraction of sp³-hybridized carbons (Fsp3) is 0.667. The van der Waals surface area contributed by atoms with Crippen LogP contribution >= 0.6 is 23.4 Å². The Bertz CT molecular complexity index is 522. The van der Waals surface area contributed by atoms with Gasteiger partial charge in [0.2, 0.25) is 0 Å². The quantitative estimate of drug-likeness (QED) is 0.848. The summed E-state index contributed by atoms with van der Waals surface area (Å²) in [6.45, 7) is 7.69. The average molecular weight is 291 g/mol. The predicted molar refractivity (Wildman–Crippen MR) is 78.1 cm³/mol. The Morgan fingerprint density at radius 3 is 2.44 bits per heavy atom. The Kier molecular flexibility index (Phi) is 5.53. The maximum Gasteiger partial charge on any atom is 0.329 e. The Labute approximate surface area is 116 Å². The van der Waals surface area contributed by atoms with E-state index in [0.29, 0.717) is 5.56 Å². The van der Waals surface area contributed by atoms with Gasteiger partial charge in [0.05, 0.1) is 5.56 Å². The Morgan fingerprint density at radius 1 is 1.33 bits per heavy atom. The van der Waals surface area contributed by atoms with Gasteiger partial charge in [-0.05, 0) is 18.6 Å². The van der Waals surface area contributed by atoms with Gasteiger partial charge in [-0.25, -0.2) is 4.79 Å². The lowest BCUT2D eigenvalue weighted by Crippen LogP contribution is -2.40. The van der Waals surface area contributed by atoms with Crippen molar-refractivity contribution in [3.63, 3.8) is 0 Å². The number of hydrogen-bond donors (Lipinski definition) is 1. The summed E-state index contributed by atoms with van der Waals surface area (Å²) in [5.74, 6) is 1.68. The molecule has 0 amide bonds. The molecule has 0 aliphatic carbocycles. The number of nitrogens with zero attached hydrogens (tertiary/aromatic N) is 1. The summed E-state index contributed by atoms with van der Waals surface area (Å²) in [6.07, 6.45) is 0. The molecule has 4 nitrogen and oxygen atoms in total. The van der Waals surface area contributed by atoms with Gasteiger partial charge in [0.25, 0.3) is 5.56 Å². The highest BCUT2D eigenvalue weighted by atomic mass is 35.5. The van der Waals surface area contributed by atoms with E-state index in [1.807, 2.05) is 27.7 Å². The molecule has 1 rings (SSSR count). The molecule has 0 radical (unpaired) electrons. The maximum absolute atomic E-state index is 12.3. The van der Waals surface area contributed by atoms with Gasteiger partial charge in [0.15, 0.2) is 0 Å². The van der Waals surface area contributed by atoms with Crippen LogP contribution < -0.4 is 11.2 Å². The van der Waals surface area contributed by atoms with Crippen LogP contribution in [0, 0.1) is 0 Å². The highest BCUT2D eigenvalue weighted by Crippen LogP contribution is 2.18. The van der Waals surface area contributed by atoms with Crippen molar-refractivity contribution in [2.75, 3.05) is 11.5 Å². The van der Waals surface area contributed by atoms with E-state index < -0.39 is 5.69 Å². The second-order valence-electron chi connectivity index (χ2n) is 4.50. The number of nitrogens with one attached hydrogen (secondary N) is 1. The van der Waals surface area contributed by atoms with Crippen LogP contribution in [0.15, 0.2) is 9.59 Å². The molecule has 1 aromatic rings. The number of aromatic amines is 1. The SMILES string of the molecule is CCSCC(C)n1c(=O)[nH]c(Cl)c(C(C)C)c1=O. The van der Waals surface area contributed by atoms with Crippen LogP contribution in [-0.2, 0) is 0 Å². The van der Waals surface area contributed by atoms with Crippen molar-refractivity contribution in [1.29, 1.82) is 0 Å². The van der Waals surface area contributed by atoms with Crippen LogP contribution in [0.5, 0.6) is 0 Å². The van der Waals surface area contributed by atoms with Gasteiger partial charge in [0.1, 0.15) is 5.15 Å². The molecule has 1 N–H and O–H groups in total. The van der Waals surface area contributed by atoms with Crippen LogP contribution in [0.3, 0.4) is 0 Å². The van der Waals surface area contributed by atoms with E-state index in [1.165, 1.54) is 4.57 Å². The minimum absolute atomic E-state index is 0.0147. The van der Waals surface area contributed by atoms with E-state index >= 15 is 0 Å². The molecule has 0 aliphatic heterocycles. The fourth-order valence-electron chi connectivity index (χ4n) is 1.80. The smallest absolute Gasteiger partial charge is 0.297 e. The molecular formula is C12H19ClN2O2S. The molecular weight excluding hydrogens is 272 g/mol. The van der Waals surface area contributed by atoms with Crippen molar-refractivity contribution >= 4 is 23.4 Å². The zero-order chi connectivity index (χ0) is 13.9. The summed E-state index contributed by atoms with van der Waals surface area (Å²) in [4.78, 5) is 26.7. The van der Waals surface area contributed by atoms with E-state index in [-0.39, 0.29) is 22.7 Å². The minimum atomic E-state index is -0.432. The van der Waals surface area contributed by atoms with Crippen LogP contribution in [0.25, 0.3) is 0 Å². The molecule has 0 spiro atoms. The first-order valence-corrected chi connectivity index (χ1v) is 7.55. The zero-order valence-electron chi connectivity index (χ0n) is 11.1. The van der Waals surface area contributed by atoms with E-state index in [9.17, 15) is 9.59 Å². The van der Waals surface area contributed by atoms with Gasteiger partial charge in [-0.2, -0.15) is 11.8 Å². The van der Waals surface area contributed by atoms with Crippen molar-refractivity contribution < 1.29 is 0 Å². The number of thioether (sulfide) groups is 1.